The van der Waals surface area contributed by atoms with Crippen LogP contribution in [0, 0.1) is 32.1 Å². The van der Waals surface area contributed by atoms with Gasteiger partial charge in [-0.1, -0.05) is 60.7 Å². The van der Waals surface area contributed by atoms with E-state index in [9.17, 15) is 46.7 Å². The summed E-state index contributed by atoms with van der Waals surface area (Å²) in [5, 5.41) is 32.0. The van der Waals surface area contributed by atoms with Crippen molar-refractivity contribution in [1.29, 1.82) is 0 Å². The summed E-state index contributed by atoms with van der Waals surface area (Å²) in [5.74, 6) is 1.82. The fourth-order valence-corrected chi connectivity index (χ4v) is 20.9. The predicted molar refractivity (Wildman–Crippen MR) is 449 cm³/mol. The first kappa shape index (κ1) is 79.8. The lowest BCUT2D eigenvalue weighted by atomic mass is 9.80. The molecule has 8 fully saturated rings. The lowest BCUT2D eigenvalue weighted by Gasteiger charge is -2.39. The number of rotatable bonds is 26. The SMILES string of the molecule is O=C(NS(=O)(=O)c1ccc(NCC2CCOCC2)c([N+](=O)[O-])c1)c1ccc(C2CCC(N3CCC[C@@H]3c3ccccc3C3CC3)CC2)cc1Oc1cnc2[nH]ccc2c1.O=C(NS(=O)(=O)c1ccc(NCC2CCOCC2)c([N+](=O)[O-])c1)c1ccc(C2CCC(N3CCC[C@@H]3c3ccccc3C3CC3)CC2)cc1Oc1cnc2[nH]ccc2c1. The van der Waals surface area contributed by atoms with Crippen molar-refractivity contribution in [3.8, 4) is 23.0 Å². The molecule has 0 spiro atoms. The summed E-state index contributed by atoms with van der Waals surface area (Å²) in [6, 6.07) is 45.3. The van der Waals surface area contributed by atoms with Gasteiger partial charge < -0.3 is 39.5 Å². The maximum Gasteiger partial charge on any atom is 0.293 e. The van der Waals surface area contributed by atoms with Gasteiger partial charge >= 0.3 is 0 Å². The van der Waals surface area contributed by atoms with E-state index in [2.05, 4.69) is 98.3 Å². The number of nitrogens with zero attached hydrogens (tertiary/aromatic N) is 6. The van der Waals surface area contributed by atoms with Crippen molar-refractivity contribution in [3.63, 3.8) is 0 Å². The molecule has 4 saturated heterocycles. The molecule has 10 aromatic rings. The van der Waals surface area contributed by atoms with Gasteiger partial charge in [-0.05, 0) is 283 Å². The minimum atomic E-state index is -4.53. The average molecular weight is 1640 g/mol. The Morgan fingerprint density at radius 3 is 1.24 bits per heavy atom. The van der Waals surface area contributed by atoms with Crippen LogP contribution in [0.2, 0.25) is 0 Å². The normalized spacial score (nSPS) is 21.7. The molecule has 2 amide bonds. The number of H-pyrrole nitrogens is 2. The van der Waals surface area contributed by atoms with Crippen LogP contribution in [0.5, 0.6) is 23.0 Å². The first-order chi connectivity index (χ1) is 57.4. The van der Waals surface area contributed by atoms with Crippen LogP contribution >= 0.6 is 0 Å². The molecule has 28 heteroatoms. The highest BCUT2D eigenvalue weighted by atomic mass is 32.2. The van der Waals surface area contributed by atoms with E-state index in [1.54, 1.807) is 60.2 Å². The first-order valence-electron chi connectivity index (χ1n) is 41.9. The first-order valence-corrected chi connectivity index (χ1v) is 44.9. The van der Waals surface area contributed by atoms with Gasteiger partial charge in [0.05, 0.1) is 43.2 Å². The van der Waals surface area contributed by atoms with Gasteiger partial charge in [-0.2, -0.15) is 0 Å². The number of sulfonamides is 2. The molecular weight excluding hydrogens is 1540 g/mol. The van der Waals surface area contributed by atoms with Gasteiger partial charge in [0.15, 0.2) is 0 Å². The lowest BCUT2D eigenvalue weighted by molar-refractivity contribution is -0.384. The zero-order valence-corrected chi connectivity index (χ0v) is 67.6. The van der Waals surface area contributed by atoms with E-state index in [0.717, 1.165) is 136 Å². The minimum absolute atomic E-state index is 0.0126. The van der Waals surface area contributed by atoms with Gasteiger partial charge in [0, 0.05) is 99.0 Å². The molecule has 6 N–H and O–H groups in total. The maximum absolute atomic E-state index is 13.9. The molecule has 118 heavy (non-hydrogen) atoms. The topological polar surface area (TPSA) is 338 Å². The molecule has 4 saturated carbocycles. The second-order valence-electron chi connectivity index (χ2n) is 33.1. The summed E-state index contributed by atoms with van der Waals surface area (Å²) in [4.78, 5) is 70.5. The molecule has 8 aliphatic rings. The molecule has 8 heterocycles. The molecule has 0 unspecified atom stereocenters. The Morgan fingerprint density at radius 1 is 0.458 bits per heavy atom. The Balaban J connectivity index is 0.000000169. The number of ether oxygens (including phenoxy) is 4. The number of aromatic nitrogens is 4. The van der Waals surface area contributed by atoms with Gasteiger partial charge in [-0.3, -0.25) is 39.6 Å². The molecule has 4 aliphatic carbocycles. The van der Waals surface area contributed by atoms with E-state index in [4.69, 9.17) is 18.9 Å². The molecule has 18 rings (SSSR count). The van der Waals surface area contributed by atoms with Gasteiger partial charge in [0.2, 0.25) is 0 Å². The Hall–Kier alpha value is -10.6. The number of nitro benzene ring substituents is 2. The monoisotopic (exact) mass is 1640 g/mol. The van der Waals surface area contributed by atoms with E-state index in [0.29, 0.717) is 86.5 Å². The number of carbonyl (C=O) groups is 2. The smallest absolute Gasteiger partial charge is 0.293 e. The van der Waals surface area contributed by atoms with Crippen molar-refractivity contribution >= 4 is 76.7 Å². The number of carbonyl (C=O) groups excluding carboxylic acids is 2. The van der Waals surface area contributed by atoms with E-state index >= 15 is 0 Å². The van der Waals surface area contributed by atoms with Gasteiger partial charge in [0.25, 0.3) is 43.2 Å². The Morgan fingerprint density at radius 2 is 0.847 bits per heavy atom. The molecular formula is C90H100N12O14S2. The van der Waals surface area contributed by atoms with E-state index in [1.165, 1.54) is 86.8 Å². The highest BCUT2D eigenvalue weighted by Crippen LogP contribution is 2.51. The van der Waals surface area contributed by atoms with Crippen LogP contribution in [0.4, 0.5) is 22.7 Å². The van der Waals surface area contributed by atoms with Crippen molar-refractivity contribution in [2.75, 3.05) is 63.2 Å². The van der Waals surface area contributed by atoms with Crippen LogP contribution in [-0.4, -0.2) is 133 Å². The number of aromatic amines is 2. The number of benzene rings is 6. The molecule has 2 atom stereocenters. The van der Waals surface area contributed by atoms with Crippen molar-refractivity contribution in [2.24, 2.45) is 11.8 Å². The van der Waals surface area contributed by atoms with Crippen LogP contribution in [0.25, 0.3) is 22.1 Å². The molecule has 4 aliphatic heterocycles. The van der Waals surface area contributed by atoms with Gasteiger partial charge in [0.1, 0.15) is 45.7 Å². The molecule has 26 nitrogen and oxygen atoms in total. The average Bonchev–Trinajstić information content (AvgIpc) is 1.53. The second-order valence-corrected chi connectivity index (χ2v) is 36.5. The van der Waals surface area contributed by atoms with Crippen molar-refractivity contribution in [2.45, 2.75) is 186 Å². The van der Waals surface area contributed by atoms with E-state index in [1.807, 2.05) is 36.4 Å². The standard InChI is InChI=1S/2C45H50N6O7S/c2*52-45(49-59(55,56)36-14-16-40(42(26-36)51(53)54)47-27-29-18-22-57-23-19-29)39-15-11-32(25-43(39)58-35-24-33-17-20-46-44(33)48-28-35)30-9-12-34(13-10-30)50-21-3-6-41(50)38-5-2-1-4-37(38)31-7-8-31/h2*1-2,4-5,11,14-17,20,24-26,28-31,34,41,47H,3,6-10,12-13,18-19,21-23,27H2,(H,46,48)(H,49,52)/t2*30?,34?,41-/m11/s1. The number of amides is 2. The molecule has 4 aromatic heterocycles. The molecule has 0 bridgehead atoms. The van der Waals surface area contributed by atoms with Crippen LogP contribution in [0.3, 0.4) is 0 Å². The number of likely N-dealkylation sites (tertiary alicyclic amines) is 2. The van der Waals surface area contributed by atoms with Gasteiger partial charge in [-0.15, -0.1) is 0 Å². The zero-order chi connectivity index (χ0) is 81.0. The summed E-state index contributed by atoms with van der Waals surface area (Å²) in [5.41, 5.74) is 9.18. The molecule has 6 aromatic carbocycles. The predicted octanol–water partition coefficient (Wildman–Crippen LogP) is 17.9. The highest BCUT2D eigenvalue weighted by Gasteiger charge is 2.41. The number of fused-ring (bicyclic) bond motifs is 2. The maximum atomic E-state index is 13.9. The van der Waals surface area contributed by atoms with Gasteiger partial charge in [-0.25, -0.2) is 36.2 Å². The Bertz CT molecular complexity index is 5250. The summed E-state index contributed by atoms with van der Waals surface area (Å²) in [6.45, 7) is 5.77. The third-order valence-corrected chi connectivity index (χ3v) is 28.2. The Kier molecular flexibility index (Phi) is 23.8. The quantitative estimate of drug-likeness (QED) is 0.0217. The minimum Gasteiger partial charge on any atom is -0.455 e. The fraction of sp³-hybridized carbons (Fsp3) is 0.422. The fourth-order valence-electron chi connectivity index (χ4n) is 18.9. The number of hydrogen-bond donors (Lipinski definition) is 6. The highest BCUT2D eigenvalue weighted by molar-refractivity contribution is 7.90. The largest absolute Gasteiger partial charge is 0.455 e. The summed E-state index contributed by atoms with van der Waals surface area (Å²) < 4.78 is 82.5. The van der Waals surface area contributed by atoms with Crippen LogP contribution < -0.4 is 29.6 Å². The number of nitrogens with one attached hydrogen (secondary N) is 6. The van der Waals surface area contributed by atoms with E-state index < -0.39 is 62.9 Å². The van der Waals surface area contributed by atoms with Crippen molar-refractivity contribution in [3.05, 3.63) is 235 Å². The number of nitro groups is 2. The van der Waals surface area contributed by atoms with Crippen molar-refractivity contribution in [1.82, 2.24) is 39.2 Å². The molecule has 616 valence electrons. The summed E-state index contributed by atoms with van der Waals surface area (Å²) in [6.07, 6.45) is 28.2. The van der Waals surface area contributed by atoms with Crippen LogP contribution in [-0.2, 0) is 29.5 Å². The Labute approximate surface area is 686 Å². The number of hydrogen-bond acceptors (Lipinski definition) is 20. The second kappa shape index (κ2) is 35.1. The lowest BCUT2D eigenvalue weighted by Crippen LogP contribution is -2.37. The third kappa shape index (κ3) is 18.2. The van der Waals surface area contributed by atoms with Crippen LogP contribution in [0.1, 0.15) is 218 Å². The number of anilines is 2. The third-order valence-electron chi connectivity index (χ3n) is 25.6. The summed E-state index contributed by atoms with van der Waals surface area (Å²) >= 11 is 0. The number of pyridine rings is 2. The summed E-state index contributed by atoms with van der Waals surface area (Å²) in [7, 11) is -9.05. The van der Waals surface area contributed by atoms with E-state index in [-0.39, 0.29) is 57.7 Å². The van der Waals surface area contributed by atoms with Crippen LogP contribution in [0.15, 0.2) is 180 Å². The molecule has 0 radical (unpaired) electrons. The van der Waals surface area contributed by atoms with Crippen molar-refractivity contribution < 1.29 is 55.2 Å². The zero-order valence-electron chi connectivity index (χ0n) is 66.0.